The monoisotopic (exact) mass is 297 g/mol. The summed E-state index contributed by atoms with van der Waals surface area (Å²) in [6.45, 7) is 0. The maximum atomic E-state index is 11.8. The van der Waals surface area contributed by atoms with E-state index in [1.807, 2.05) is 0 Å². The Morgan fingerprint density at radius 1 is 1.25 bits per heavy atom. The SMILES string of the molecule is O=[N+]([O-])c1ccc(/C=C/[Se]C(F)(F)F)cc1. The van der Waals surface area contributed by atoms with Gasteiger partial charge in [-0.1, -0.05) is 0 Å². The topological polar surface area (TPSA) is 43.1 Å². The summed E-state index contributed by atoms with van der Waals surface area (Å²) in [5.41, 5.74) is 0.426. The first-order chi connectivity index (χ1) is 7.38. The molecule has 0 heterocycles. The molecule has 0 atom stereocenters. The quantitative estimate of drug-likeness (QED) is 0.489. The second-order valence-corrected chi connectivity index (χ2v) is 4.75. The van der Waals surface area contributed by atoms with Gasteiger partial charge in [0.15, 0.2) is 0 Å². The van der Waals surface area contributed by atoms with Crippen LogP contribution in [0.3, 0.4) is 0 Å². The van der Waals surface area contributed by atoms with Crippen molar-refractivity contribution < 1.29 is 18.1 Å². The summed E-state index contributed by atoms with van der Waals surface area (Å²) in [5, 5.41) is 6.14. The molecule has 0 aromatic heterocycles. The molecule has 0 spiro atoms. The first-order valence-electron chi connectivity index (χ1n) is 4.04. The van der Waals surface area contributed by atoms with Crippen LogP contribution in [-0.2, 0) is 0 Å². The van der Waals surface area contributed by atoms with E-state index in [-0.39, 0.29) is 5.69 Å². The van der Waals surface area contributed by atoms with E-state index in [0.29, 0.717) is 5.56 Å². The third-order valence-corrected chi connectivity index (χ3v) is 2.70. The van der Waals surface area contributed by atoms with E-state index in [1.165, 1.54) is 30.3 Å². The summed E-state index contributed by atoms with van der Waals surface area (Å²) in [4.78, 5) is 10.8. The molecule has 1 rings (SSSR count). The number of benzene rings is 1. The Bertz CT molecular complexity index is 400. The Hall–Kier alpha value is -1.33. The van der Waals surface area contributed by atoms with Crippen molar-refractivity contribution in [3.8, 4) is 0 Å². The van der Waals surface area contributed by atoms with Gasteiger partial charge in [-0.05, 0) is 0 Å². The van der Waals surface area contributed by atoms with Crippen LogP contribution in [0.2, 0.25) is 0 Å². The predicted octanol–water partition coefficient (Wildman–Crippen LogP) is 2.79. The van der Waals surface area contributed by atoms with Crippen LogP contribution in [0.4, 0.5) is 18.9 Å². The van der Waals surface area contributed by atoms with Gasteiger partial charge in [-0.25, -0.2) is 0 Å². The fourth-order valence-electron chi connectivity index (χ4n) is 0.897. The first kappa shape index (κ1) is 12.7. The molecule has 0 fully saturated rings. The molecule has 16 heavy (non-hydrogen) atoms. The van der Waals surface area contributed by atoms with Gasteiger partial charge >= 0.3 is 94.8 Å². The van der Waals surface area contributed by atoms with Gasteiger partial charge in [0.25, 0.3) is 0 Å². The number of non-ortho nitro benzene ring substituents is 1. The van der Waals surface area contributed by atoms with Crippen molar-refractivity contribution in [2.75, 3.05) is 0 Å². The Labute approximate surface area is 95.3 Å². The average Bonchev–Trinajstić information content (AvgIpc) is 2.16. The molecular formula is C9H6F3NO2Se. The molecule has 0 aliphatic carbocycles. The summed E-state index contributed by atoms with van der Waals surface area (Å²) in [7, 11) is 0. The van der Waals surface area contributed by atoms with Crippen LogP contribution in [0.5, 0.6) is 0 Å². The zero-order valence-electron chi connectivity index (χ0n) is 7.77. The van der Waals surface area contributed by atoms with Crippen molar-refractivity contribution >= 4 is 26.7 Å². The number of hydrogen-bond acceptors (Lipinski definition) is 2. The van der Waals surface area contributed by atoms with E-state index in [9.17, 15) is 23.3 Å². The molecule has 0 N–H and O–H groups in total. The van der Waals surface area contributed by atoms with Gasteiger partial charge in [0.2, 0.25) is 0 Å². The minimum atomic E-state index is -4.16. The number of alkyl halides is 3. The molecule has 3 nitrogen and oxygen atoms in total. The second-order valence-electron chi connectivity index (χ2n) is 2.71. The van der Waals surface area contributed by atoms with Gasteiger partial charge in [-0.3, -0.25) is 0 Å². The number of nitro benzene ring substituents is 1. The first-order valence-corrected chi connectivity index (χ1v) is 5.88. The summed E-state index contributed by atoms with van der Waals surface area (Å²) in [6.07, 6.45) is 1.30. The zero-order chi connectivity index (χ0) is 12.2. The van der Waals surface area contributed by atoms with Gasteiger partial charge in [0, 0.05) is 0 Å². The van der Waals surface area contributed by atoms with E-state index >= 15 is 0 Å². The molecule has 0 amide bonds. The van der Waals surface area contributed by atoms with Gasteiger partial charge < -0.3 is 0 Å². The average molecular weight is 296 g/mol. The van der Waals surface area contributed by atoms with Crippen LogP contribution in [0.1, 0.15) is 5.56 Å². The number of halogens is 3. The Balaban J connectivity index is 2.65. The summed E-state index contributed by atoms with van der Waals surface area (Å²) < 4.78 is 35.4. The van der Waals surface area contributed by atoms with Crippen molar-refractivity contribution in [2.24, 2.45) is 0 Å². The molecule has 86 valence electrons. The van der Waals surface area contributed by atoms with Gasteiger partial charge in [-0.2, -0.15) is 0 Å². The van der Waals surface area contributed by atoms with E-state index in [4.69, 9.17) is 0 Å². The maximum absolute atomic E-state index is 11.8. The molecule has 0 unspecified atom stereocenters. The van der Waals surface area contributed by atoms with E-state index in [0.717, 1.165) is 4.97 Å². The van der Waals surface area contributed by atoms with Crippen molar-refractivity contribution in [1.29, 1.82) is 0 Å². The third-order valence-electron chi connectivity index (χ3n) is 1.57. The second kappa shape index (κ2) is 5.14. The Morgan fingerprint density at radius 2 is 1.81 bits per heavy atom. The normalized spacial score (nSPS) is 11.9. The molecule has 0 aliphatic heterocycles. The van der Waals surface area contributed by atoms with Crippen molar-refractivity contribution in [2.45, 2.75) is 5.07 Å². The van der Waals surface area contributed by atoms with E-state index in [2.05, 4.69) is 0 Å². The Morgan fingerprint density at radius 3 is 2.25 bits per heavy atom. The summed E-state index contributed by atoms with van der Waals surface area (Å²) >= 11 is -1.56. The van der Waals surface area contributed by atoms with Crippen LogP contribution in [-0.4, -0.2) is 25.0 Å². The number of hydrogen-bond donors (Lipinski definition) is 0. The number of rotatable bonds is 3. The predicted molar refractivity (Wildman–Crippen MR) is 53.9 cm³/mol. The van der Waals surface area contributed by atoms with E-state index < -0.39 is 25.0 Å². The Kier molecular flexibility index (Phi) is 4.09. The fourth-order valence-corrected chi connectivity index (χ4v) is 1.69. The summed E-state index contributed by atoms with van der Waals surface area (Å²) in [5.74, 6) is 0. The van der Waals surface area contributed by atoms with Crippen LogP contribution in [0, 0.1) is 10.1 Å². The van der Waals surface area contributed by atoms with Gasteiger partial charge in [0.1, 0.15) is 0 Å². The third kappa shape index (κ3) is 4.46. The minimum absolute atomic E-state index is 0.0847. The van der Waals surface area contributed by atoms with E-state index in [1.54, 1.807) is 0 Å². The molecular weight excluding hydrogens is 290 g/mol. The van der Waals surface area contributed by atoms with Gasteiger partial charge in [0.05, 0.1) is 0 Å². The molecule has 0 saturated heterocycles. The number of nitro groups is 1. The van der Waals surface area contributed by atoms with Crippen molar-refractivity contribution in [3.05, 3.63) is 44.9 Å². The van der Waals surface area contributed by atoms with Crippen LogP contribution in [0.25, 0.3) is 6.08 Å². The zero-order valence-corrected chi connectivity index (χ0v) is 9.48. The molecule has 7 heteroatoms. The van der Waals surface area contributed by atoms with Crippen molar-refractivity contribution in [1.82, 2.24) is 0 Å². The van der Waals surface area contributed by atoms with Crippen LogP contribution < -0.4 is 0 Å². The number of nitrogens with zero attached hydrogens (tertiary/aromatic N) is 1. The van der Waals surface area contributed by atoms with Crippen LogP contribution >= 0.6 is 0 Å². The molecule has 1 aromatic carbocycles. The van der Waals surface area contributed by atoms with Crippen molar-refractivity contribution in [3.63, 3.8) is 0 Å². The van der Waals surface area contributed by atoms with Crippen LogP contribution in [0.15, 0.2) is 29.2 Å². The van der Waals surface area contributed by atoms with Gasteiger partial charge in [-0.15, -0.1) is 0 Å². The molecule has 0 aliphatic rings. The molecule has 0 radical (unpaired) electrons. The standard InChI is InChI=1S/C9H6F3NO2Se/c10-9(11,12)16-6-5-7-1-3-8(4-2-7)13(14)15/h1-6H/b6-5+. The molecule has 1 aromatic rings. The fraction of sp³-hybridized carbons (Fsp3) is 0.111. The molecule has 0 bridgehead atoms. The molecule has 0 saturated carbocycles. The summed E-state index contributed by atoms with van der Waals surface area (Å²) in [6, 6.07) is 5.31.